The van der Waals surface area contributed by atoms with Crippen LogP contribution < -0.4 is 16.0 Å². The van der Waals surface area contributed by atoms with Gasteiger partial charge in [-0.2, -0.15) is 0 Å². The lowest BCUT2D eigenvalue weighted by Crippen LogP contribution is -2.44. The van der Waals surface area contributed by atoms with Crippen molar-refractivity contribution in [2.24, 2.45) is 35.5 Å². The van der Waals surface area contributed by atoms with Crippen LogP contribution in [0, 0.1) is 53.0 Å². The van der Waals surface area contributed by atoms with Crippen molar-refractivity contribution in [3.8, 4) is 33.4 Å². The quantitative estimate of drug-likeness (QED) is 0.0810. The Morgan fingerprint density at radius 3 is 1.34 bits per heavy atom. The molecule has 3 amide bonds. The first-order chi connectivity index (χ1) is 49.8. The Morgan fingerprint density at radius 1 is 0.471 bits per heavy atom. The van der Waals surface area contributed by atoms with Crippen LogP contribution in [0.1, 0.15) is 147 Å². The molecule has 528 valence electrons. The lowest BCUT2D eigenvalue weighted by atomic mass is 9.64. The first-order valence-corrected chi connectivity index (χ1v) is 35.6. The van der Waals surface area contributed by atoms with E-state index in [-0.39, 0.29) is 71.6 Å². The molecular formula is C81H84F3N9O9. The van der Waals surface area contributed by atoms with Crippen molar-refractivity contribution >= 4 is 36.5 Å². The van der Waals surface area contributed by atoms with Gasteiger partial charge in [-0.1, -0.05) is 88.3 Å². The summed E-state index contributed by atoms with van der Waals surface area (Å²) in [7, 11) is 0. The van der Waals surface area contributed by atoms with E-state index in [2.05, 4.69) is 64.6 Å². The van der Waals surface area contributed by atoms with E-state index in [9.17, 15) is 27.6 Å². The highest BCUT2D eigenvalue weighted by atomic mass is 19.1. The van der Waals surface area contributed by atoms with E-state index >= 15 is 0 Å². The molecule has 0 saturated heterocycles. The number of amides is 3. The molecule has 3 saturated carbocycles. The van der Waals surface area contributed by atoms with Crippen molar-refractivity contribution in [3.63, 3.8) is 0 Å². The summed E-state index contributed by atoms with van der Waals surface area (Å²) in [5.41, 5.74) is 12.0. The van der Waals surface area contributed by atoms with Crippen molar-refractivity contribution < 1.29 is 55.3 Å². The van der Waals surface area contributed by atoms with Crippen LogP contribution in [0.25, 0.3) is 51.6 Å². The topological polar surface area (TPSA) is 232 Å². The van der Waals surface area contributed by atoms with E-state index < -0.39 is 0 Å². The highest BCUT2D eigenvalue weighted by Crippen LogP contribution is 2.51. The average Bonchev–Trinajstić information content (AvgIpc) is 1.29. The number of rotatable bonds is 15. The standard InChI is InChI=1S/3C27H28FN3O3/c1-2-33-27(32)30-23-9-10-24-19(14-23)12-20-16-34-31-26(20)25(24)11-8-22-7-6-18(15-29-22)17-4-3-5-21(28)13-17;1-2-33-27(32)31-23-9-10-24-19(14-23)12-20-16-30-34-26(20)25(24)11-8-22-7-6-18(15-29-22)17-4-3-5-21(28)13-17;1-2-33-27(32)31-22-9-10-23-19(13-22)14-26-25(16-30-34-26)24(23)11-8-21-7-6-18(15-29-21)17-4-3-5-20(28)12-17/h3-8,11,13,15-16,19,23-25H,2,9-10,12,14H2,1H3,(H,30,32);3-8,11,13,15-16,19,23-25H,2,9-10,12,14H2,1H3,(H,31,32);3-8,11-12,15-16,19,22-24H,2,9-10,13-14H2,1H3,(H,31,32)/b3*11-8+/t2*19-,23-,24-,25+;19-,22+,23+,24-/m110/s1. The van der Waals surface area contributed by atoms with Gasteiger partial charge in [-0.25, -0.2) is 27.6 Å². The van der Waals surface area contributed by atoms with Crippen molar-refractivity contribution in [1.29, 1.82) is 0 Å². The molecule has 0 bridgehead atoms. The molecule has 0 spiro atoms. The zero-order valence-electron chi connectivity index (χ0n) is 57.3. The molecule has 18 nitrogen and oxygen atoms in total. The van der Waals surface area contributed by atoms with Gasteiger partial charge in [0.1, 0.15) is 35.2 Å². The fourth-order valence-electron chi connectivity index (χ4n) is 16.3. The van der Waals surface area contributed by atoms with Crippen LogP contribution in [-0.2, 0) is 33.5 Å². The first kappa shape index (κ1) is 70.0. The number of benzene rings is 3. The van der Waals surface area contributed by atoms with Crippen LogP contribution in [0.5, 0.6) is 0 Å². The molecule has 6 aromatic heterocycles. The second-order valence-corrected chi connectivity index (χ2v) is 27.3. The monoisotopic (exact) mass is 1380 g/mol. The number of ether oxygens (including phenoxy) is 3. The van der Waals surface area contributed by atoms with Gasteiger partial charge in [0.25, 0.3) is 0 Å². The number of nitrogens with zero attached hydrogens (tertiary/aromatic N) is 6. The fourth-order valence-corrected chi connectivity index (χ4v) is 16.3. The van der Waals surface area contributed by atoms with E-state index in [1.165, 1.54) is 36.4 Å². The molecule has 9 aromatic rings. The second-order valence-electron chi connectivity index (χ2n) is 27.3. The van der Waals surface area contributed by atoms with Crippen LogP contribution >= 0.6 is 0 Å². The second kappa shape index (κ2) is 32.9. The van der Waals surface area contributed by atoms with Crippen LogP contribution in [0.3, 0.4) is 0 Å². The molecule has 3 fully saturated rings. The van der Waals surface area contributed by atoms with E-state index in [0.717, 1.165) is 161 Å². The van der Waals surface area contributed by atoms with E-state index in [0.29, 0.717) is 55.3 Å². The van der Waals surface area contributed by atoms with Crippen molar-refractivity contribution in [2.75, 3.05) is 19.8 Å². The number of halogens is 3. The number of carbonyl (C=O) groups is 3. The van der Waals surface area contributed by atoms with Crippen molar-refractivity contribution in [1.82, 2.24) is 46.4 Å². The third kappa shape index (κ3) is 17.1. The van der Waals surface area contributed by atoms with Crippen LogP contribution in [0.2, 0.25) is 0 Å². The van der Waals surface area contributed by atoms with E-state index in [1.54, 1.807) is 43.1 Å². The number of carbonyl (C=O) groups excluding carboxylic acids is 3. The molecule has 12 atom stereocenters. The van der Waals surface area contributed by atoms with Crippen LogP contribution in [0.4, 0.5) is 27.6 Å². The lowest BCUT2D eigenvalue weighted by Gasteiger charge is -2.42. The number of nitrogens with one attached hydrogen (secondary N) is 3. The normalized spacial score (nSPS) is 23.8. The molecular weight excluding hydrogens is 1300 g/mol. The lowest BCUT2D eigenvalue weighted by molar-refractivity contribution is 0.124. The maximum Gasteiger partial charge on any atom is 0.407 e. The van der Waals surface area contributed by atoms with Gasteiger partial charge in [0.2, 0.25) is 0 Å². The fraction of sp³-hybridized carbons (Fsp3) is 0.370. The highest BCUT2D eigenvalue weighted by molar-refractivity contribution is 5.69. The maximum absolute atomic E-state index is 13.5. The average molecular weight is 1380 g/mol. The predicted octanol–water partition coefficient (Wildman–Crippen LogP) is 17.3. The van der Waals surface area contributed by atoms with Gasteiger partial charge in [-0.3, -0.25) is 15.0 Å². The zero-order chi connectivity index (χ0) is 70.5. The first-order valence-electron chi connectivity index (χ1n) is 35.6. The third-order valence-electron chi connectivity index (χ3n) is 21.0. The van der Waals surface area contributed by atoms with Crippen molar-refractivity contribution in [2.45, 2.75) is 134 Å². The Labute approximate surface area is 591 Å². The predicted molar refractivity (Wildman–Crippen MR) is 379 cm³/mol. The number of aromatic nitrogens is 6. The van der Waals surface area contributed by atoms with E-state index in [4.69, 9.17) is 27.8 Å². The van der Waals surface area contributed by atoms with Gasteiger partial charge >= 0.3 is 18.3 Å². The van der Waals surface area contributed by atoms with Gasteiger partial charge in [-0.05, 0) is 216 Å². The van der Waals surface area contributed by atoms with Crippen LogP contribution in [0.15, 0.2) is 178 Å². The number of fused-ring (bicyclic) bond motifs is 6. The molecule has 3 N–H and O–H groups in total. The largest absolute Gasteiger partial charge is 0.450 e. The highest BCUT2D eigenvalue weighted by Gasteiger charge is 2.45. The Morgan fingerprint density at radius 2 is 0.892 bits per heavy atom. The Kier molecular flexibility index (Phi) is 22.6. The molecule has 6 aliphatic rings. The summed E-state index contributed by atoms with van der Waals surface area (Å²) < 4.78 is 72.4. The summed E-state index contributed by atoms with van der Waals surface area (Å²) in [6, 6.07) is 31.6. The molecule has 102 heavy (non-hydrogen) atoms. The molecule has 0 aliphatic heterocycles. The van der Waals surface area contributed by atoms with Crippen molar-refractivity contribution in [3.05, 3.63) is 233 Å². The minimum absolute atomic E-state index is 0.115. The molecule has 21 heteroatoms. The SMILES string of the molecule is CCOC(=O)N[C@@H]1CC[C@@H]2[C@H](Cc3cnoc3[C@H]2/C=C/c2ccc(-c3cccc(F)c3)cn2)C1.CCOC(=O)N[C@@H]1CC[C@@H]2[C@H](Cc3conc3[C@H]2/C=C/c2ccc(-c3cccc(F)c3)cn2)C1.CCOC(=O)N[C@@H]1CC[C@@H]2[C@H](Cc3oncc3[C@H]2/C=C/c2ccc(-c3cccc(F)c3)cn2)C1. The van der Waals surface area contributed by atoms with Gasteiger partial charge < -0.3 is 43.7 Å². The summed E-state index contributed by atoms with van der Waals surface area (Å²) in [4.78, 5) is 49.4. The summed E-state index contributed by atoms with van der Waals surface area (Å²) >= 11 is 0. The summed E-state index contributed by atoms with van der Waals surface area (Å²) in [5.74, 6) is 4.11. The number of hydrogen-bond acceptors (Lipinski definition) is 15. The van der Waals surface area contributed by atoms with Gasteiger partial charge in [0, 0.05) is 94.3 Å². The van der Waals surface area contributed by atoms with Gasteiger partial charge in [0.15, 0.2) is 0 Å². The third-order valence-corrected chi connectivity index (χ3v) is 21.0. The molecule has 6 aliphatic carbocycles. The molecule has 0 unspecified atom stereocenters. The minimum atomic E-state index is -0.341. The smallest absolute Gasteiger partial charge is 0.407 e. The molecule has 3 aromatic carbocycles. The minimum Gasteiger partial charge on any atom is -0.450 e. The number of allylic oxidation sites excluding steroid dienone is 3. The Balaban J connectivity index is 0.000000137. The van der Waals surface area contributed by atoms with Crippen LogP contribution in [-0.4, -0.2) is 86.6 Å². The maximum atomic E-state index is 13.5. The van der Waals surface area contributed by atoms with E-state index in [1.807, 2.05) is 106 Å². The molecule has 15 rings (SSSR count). The molecule has 6 heterocycles. The summed E-state index contributed by atoms with van der Waals surface area (Å²) in [5, 5.41) is 21.5. The summed E-state index contributed by atoms with van der Waals surface area (Å²) in [6.45, 7) is 6.55. The van der Waals surface area contributed by atoms with Gasteiger partial charge in [0.05, 0.1) is 55.0 Å². The Bertz CT molecular complexity index is 3960. The number of alkyl carbamates (subject to hydrolysis) is 3. The molecule has 0 radical (unpaired) electrons. The van der Waals surface area contributed by atoms with Gasteiger partial charge in [-0.15, -0.1) is 0 Å². The number of pyridine rings is 3. The summed E-state index contributed by atoms with van der Waals surface area (Å²) in [6.07, 6.45) is 33.5. The number of hydrogen-bond donors (Lipinski definition) is 3. The Hall–Kier alpha value is -10.4. The zero-order valence-corrected chi connectivity index (χ0v) is 57.3.